The van der Waals surface area contributed by atoms with Gasteiger partial charge in [-0.05, 0) is 42.9 Å². The SMILES string of the molecule is CC(=O)C1C(=O)C[C@@H]2C[C@@H]3Cc4c(CC(=O)c5ccno5)ccc(O)c4C(=O)C3C(=O)[C@]2(O)C1=O. The fraction of sp³-hybridized carbons (Fsp3) is 0.400. The third-order valence-corrected chi connectivity index (χ3v) is 7.57. The average Bonchev–Trinajstić information content (AvgIpc) is 3.33. The number of fused-ring (bicyclic) bond motifs is 3. The van der Waals surface area contributed by atoms with Gasteiger partial charge in [-0.3, -0.25) is 28.8 Å². The van der Waals surface area contributed by atoms with Crippen LogP contribution in [0.3, 0.4) is 0 Å². The number of aromatic hydroxyl groups is 1. The first-order valence-electron chi connectivity index (χ1n) is 11.2. The summed E-state index contributed by atoms with van der Waals surface area (Å²) in [5.74, 6) is -9.99. The summed E-state index contributed by atoms with van der Waals surface area (Å²) in [5, 5.41) is 25.2. The summed E-state index contributed by atoms with van der Waals surface area (Å²) in [6.07, 6.45) is 0.994. The van der Waals surface area contributed by atoms with E-state index < -0.39 is 64.0 Å². The Morgan fingerprint density at radius 2 is 1.86 bits per heavy atom. The van der Waals surface area contributed by atoms with E-state index in [4.69, 9.17) is 4.52 Å². The summed E-state index contributed by atoms with van der Waals surface area (Å²) in [6, 6.07) is 4.17. The molecular weight excluding hydrogens is 458 g/mol. The van der Waals surface area contributed by atoms with Crippen molar-refractivity contribution < 1.29 is 43.5 Å². The zero-order chi connectivity index (χ0) is 25.2. The van der Waals surface area contributed by atoms with Crippen molar-refractivity contribution in [3.63, 3.8) is 0 Å². The number of aromatic nitrogens is 1. The third-order valence-electron chi connectivity index (χ3n) is 7.57. The Kier molecular flexibility index (Phi) is 5.17. The largest absolute Gasteiger partial charge is 0.507 e. The van der Waals surface area contributed by atoms with E-state index in [1.54, 1.807) is 0 Å². The minimum Gasteiger partial charge on any atom is -0.507 e. The molecule has 0 aliphatic heterocycles. The molecule has 0 radical (unpaired) electrons. The molecule has 0 bridgehead atoms. The summed E-state index contributed by atoms with van der Waals surface area (Å²) in [6.45, 7) is 1.04. The van der Waals surface area contributed by atoms with Gasteiger partial charge in [0.25, 0.3) is 0 Å². The number of nitrogens with zero attached hydrogens (tertiary/aromatic N) is 1. The van der Waals surface area contributed by atoms with E-state index in [0.29, 0.717) is 11.1 Å². The summed E-state index contributed by atoms with van der Waals surface area (Å²) >= 11 is 0. The number of rotatable bonds is 4. The van der Waals surface area contributed by atoms with Gasteiger partial charge in [0.1, 0.15) is 17.5 Å². The molecule has 2 aromatic rings. The molecular formula is C25H21NO9. The van der Waals surface area contributed by atoms with Crippen molar-refractivity contribution >= 4 is 34.7 Å². The number of Topliss-reactive ketones (excluding diaryl/α,β-unsaturated/α-hetero) is 6. The lowest BCUT2D eigenvalue weighted by Crippen LogP contribution is -2.67. The second-order valence-electron chi connectivity index (χ2n) is 9.52. The first-order valence-corrected chi connectivity index (χ1v) is 11.2. The highest BCUT2D eigenvalue weighted by Gasteiger charge is 2.65. The number of ketones is 6. The van der Waals surface area contributed by atoms with Gasteiger partial charge in [-0.1, -0.05) is 11.2 Å². The number of phenols is 1. The number of carbonyl (C=O) groups is 6. The van der Waals surface area contributed by atoms with E-state index in [1.807, 2.05) is 0 Å². The van der Waals surface area contributed by atoms with E-state index in [-0.39, 0.29) is 42.8 Å². The van der Waals surface area contributed by atoms with Crippen LogP contribution in [0.4, 0.5) is 0 Å². The fourth-order valence-corrected chi connectivity index (χ4v) is 5.94. The highest BCUT2D eigenvalue weighted by atomic mass is 16.5. The molecule has 2 saturated carbocycles. The van der Waals surface area contributed by atoms with Crippen LogP contribution in [0, 0.1) is 23.7 Å². The quantitative estimate of drug-likeness (QED) is 0.473. The summed E-state index contributed by atoms with van der Waals surface area (Å²) in [5.41, 5.74) is -1.88. The van der Waals surface area contributed by atoms with E-state index in [9.17, 15) is 39.0 Å². The molecule has 1 aromatic carbocycles. The van der Waals surface area contributed by atoms with E-state index in [0.717, 1.165) is 6.92 Å². The lowest BCUT2D eigenvalue weighted by Gasteiger charge is -2.48. The van der Waals surface area contributed by atoms with Crippen LogP contribution in [-0.4, -0.2) is 55.7 Å². The first-order chi connectivity index (χ1) is 16.6. The van der Waals surface area contributed by atoms with Crippen LogP contribution in [0.5, 0.6) is 5.75 Å². The number of hydrogen-bond donors (Lipinski definition) is 2. The normalized spacial score (nSPS) is 29.9. The number of hydrogen-bond acceptors (Lipinski definition) is 10. The first kappa shape index (κ1) is 23.0. The molecule has 35 heavy (non-hydrogen) atoms. The Hall–Kier alpha value is -3.79. The highest BCUT2D eigenvalue weighted by molar-refractivity contribution is 6.31. The van der Waals surface area contributed by atoms with Crippen LogP contribution in [0.15, 0.2) is 28.9 Å². The highest BCUT2D eigenvalue weighted by Crippen LogP contribution is 2.50. The number of aliphatic hydroxyl groups is 1. The fourth-order valence-electron chi connectivity index (χ4n) is 5.94. The van der Waals surface area contributed by atoms with Crippen LogP contribution in [-0.2, 0) is 32.0 Å². The minimum atomic E-state index is -2.62. The van der Waals surface area contributed by atoms with Gasteiger partial charge in [0.05, 0.1) is 17.7 Å². The standard InChI is InChI=1S/C25H21NO9/c1-10(27)19-17(30)9-13-6-12-7-14-11(8-16(29)18-4-5-26-35-18)2-3-15(28)21(14)22(31)20(12)24(33)25(13,34)23(19)32/h2-5,12-13,19-20,28,34H,6-9H2,1H3/t12-,13+,19?,20?,25-/m1/s1. The van der Waals surface area contributed by atoms with Crippen molar-refractivity contribution in [1.82, 2.24) is 5.16 Å². The number of carbonyl (C=O) groups excluding carboxylic acids is 6. The second-order valence-corrected chi connectivity index (χ2v) is 9.52. The summed E-state index contributed by atoms with van der Waals surface area (Å²) in [4.78, 5) is 77.0. The molecule has 2 fully saturated rings. The van der Waals surface area contributed by atoms with Gasteiger partial charge < -0.3 is 14.7 Å². The Morgan fingerprint density at radius 1 is 1.11 bits per heavy atom. The Morgan fingerprint density at radius 3 is 2.51 bits per heavy atom. The van der Waals surface area contributed by atoms with Gasteiger partial charge in [0, 0.05) is 24.8 Å². The zero-order valence-electron chi connectivity index (χ0n) is 18.6. The number of phenolic OH excluding ortho intramolecular Hbond substituents is 1. The van der Waals surface area contributed by atoms with E-state index in [1.165, 1.54) is 24.4 Å². The predicted octanol–water partition coefficient (Wildman–Crippen LogP) is 0.844. The third kappa shape index (κ3) is 3.23. The van der Waals surface area contributed by atoms with Crippen LogP contribution in [0.1, 0.15) is 51.8 Å². The maximum Gasteiger partial charge on any atom is 0.205 e. The molecule has 10 nitrogen and oxygen atoms in total. The van der Waals surface area contributed by atoms with Crippen molar-refractivity contribution in [2.75, 3.05) is 0 Å². The molecule has 3 aliphatic rings. The molecule has 1 aromatic heterocycles. The molecule has 5 rings (SSSR count). The Labute approximate surface area is 198 Å². The molecule has 2 N–H and O–H groups in total. The van der Waals surface area contributed by atoms with Crippen molar-refractivity contribution in [3.8, 4) is 5.75 Å². The van der Waals surface area contributed by atoms with Gasteiger partial charge >= 0.3 is 0 Å². The van der Waals surface area contributed by atoms with Gasteiger partial charge in [-0.2, -0.15) is 0 Å². The molecule has 5 atom stereocenters. The summed E-state index contributed by atoms with van der Waals surface area (Å²) in [7, 11) is 0. The molecule has 180 valence electrons. The molecule has 2 unspecified atom stereocenters. The Bertz CT molecular complexity index is 1320. The van der Waals surface area contributed by atoms with Gasteiger partial charge in [0.15, 0.2) is 28.7 Å². The zero-order valence-corrected chi connectivity index (χ0v) is 18.6. The van der Waals surface area contributed by atoms with Gasteiger partial charge in [-0.15, -0.1) is 0 Å². The van der Waals surface area contributed by atoms with Crippen molar-refractivity contribution in [1.29, 1.82) is 0 Å². The van der Waals surface area contributed by atoms with Gasteiger partial charge in [-0.25, -0.2) is 0 Å². The molecule has 0 amide bonds. The molecule has 10 heteroatoms. The maximum absolute atomic E-state index is 13.5. The van der Waals surface area contributed by atoms with Crippen molar-refractivity contribution in [2.45, 2.75) is 38.2 Å². The van der Waals surface area contributed by atoms with Crippen molar-refractivity contribution in [3.05, 3.63) is 46.8 Å². The van der Waals surface area contributed by atoms with E-state index >= 15 is 0 Å². The monoisotopic (exact) mass is 479 g/mol. The predicted molar refractivity (Wildman–Crippen MR) is 115 cm³/mol. The van der Waals surface area contributed by atoms with Crippen molar-refractivity contribution in [2.24, 2.45) is 23.7 Å². The topological polar surface area (TPSA) is 169 Å². The Balaban J connectivity index is 1.54. The summed E-state index contributed by atoms with van der Waals surface area (Å²) < 4.78 is 4.90. The van der Waals surface area contributed by atoms with Gasteiger partial charge in [0.2, 0.25) is 11.5 Å². The molecule has 3 aliphatic carbocycles. The van der Waals surface area contributed by atoms with Crippen LogP contribution >= 0.6 is 0 Å². The second kappa shape index (κ2) is 7.88. The average molecular weight is 479 g/mol. The van der Waals surface area contributed by atoms with Crippen LogP contribution in [0.2, 0.25) is 0 Å². The van der Waals surface area contributed by atoms with Crippen LogP contribution < -0.4 is 0 Å². The maximum atomic E-state index is 13.5. The molecule has 0 spiro atoms. The minimum absolute atomic E-state index is 0.0192. The van der Waals surface area contributed by atoms with E-state index in [2.05, 4.69) is 5.16 Å². The van der Waals surface area contributed by atoms with Crippen LogP contribution in [0.25, 0.3) is 0 Å². The molecule has 0 saturated heterocycles. The lowest BCUT2D eigenvalue weighted by molar-refractivity contribution is -0.175. The number of benzene rings is 1. The molecule has 1 heterocycles. The lowest BCUT2D eigenvalue weighted by atomic mass is 9.53. The smallest absolute Gasteiger partial charge is 0.205 e.